The number of H-pyrrole nitrogens is 1. The Morgan fingerprint density at radius 3 is 3.04 bits per heavy atom. The van der Waals surface area contributed by atoms with Crippen molar-refractivity contribution < 1.29 is 9.59 Å². The fourth-order valence-corrected chi connectivity index (χ4v) is 4.79. The topological polar surface area (TPSA) is 78.1 Å². The lowest BCUT2D eigenvalue weighted by Gasteiger charge is -2.32. The lowest BCUT2D eigenvalue weighted by atomic mass is 9.97. The average molecular weight is 415 g/mol. The van der Waals surface area contributed by atoms with Gasteiger partial charge in [-0.25, -0.2) is 4.98 Å². The van der Waals surface area contributed by atoms with Gasteiger partial charge in [0.05, 0.1) is 0 Å². The number of aromatic amines is 1. The molecule has 4 rings (SSSR count). The van der Waals surface area contributed by atoms with Crippen molar-refractivity contribution in [1.82, 2.24) is 20.2 Å². The third kappa shape index (κ3) is 4.07. The van der Waals surface area contributed by atoms with Crippen LogP contribution in [0.5, 0.6) is 0 Å². The van der Waals surface area contributed by atoms with E-state index in [1.54, 1.807) is 11.8 Å². The Kier molecular flexibility index (Phi) is 5.68. The van der Waals surface area contributed by atoms with Crippen LogP contribution in [0.2, 0.25) is 0 Å². The van der Waals surface area contributed by atoms with Crippen molar-refractivity contribution in [2.45, 2.75) is 17.2 Å². The number of nitrogens with one attached hydrogen (secondary N) is 2. The first-order chi connectivity index (χ1) is 13.6. The molecule has 6 nitrogen and oxygen atoms in total. The second-order valence-electron chi connectivity index (χ2n) is 6.94. The Morgan fingerprint density at radius 2 is 2.25 bits per heavy atom. The number of carbonyl (C=O) groups is 2. The smallest absolute Gasteiger partial charge is 0.273 e. The highest BCUT2D eigenvalue weighted by atomic mass is 32.2. The van der Waals surface area contributed by atoms with Gasteiger partial charge in [0.2, 0.25) is 0 Å². The van der Waals surface area contributed by atoms with Crippen molar-refractivity contribution in [3.63, 3.8) is 0 Å². The van der Waals surface area contributed by atoms with Crippen LogP contribution in [-0.2, 0) is 0 Å². The number of hydrogen-bond donors (Lipinski definition) is 2. The van der Waals surface area contributed by atoms with Crippen LogP contribution in [0.4, 0.5) is 0 Å². The third-order valence-corrected chi connectivity index (χ3v) is 6.87. The molecule has 1 atom stereocenters. The monoisotopic (exact) mass is 414 g/mol. The first-order valence-electron chi connectivity index (χ1n) is 9.29. The zero-order valence-corrected chi connectivity index (χ0v) is 17.2. The van der Waals surface area contributed by atoms with E-state index in [1.807, 2.05) is 46.9 Å². The molecule has 1 saturated heterocycles. The van der Waals surface area contributed by atoms with E-state index >= 15 is 0 Å². The first kappa shape index (κ1) is 19.0. The summed E-state index contributed by atoms with van der Waals surface area (Å²) in [6, 6.07) is 9.70. The number of benzene rings is 1. The molecule has 2 N–H and O–H groups in total. The van der Waals surface area contributed by atoms with Gasteiger partial charge in [-0.1, -0.05) is 30.0 Å². The standard InChI is InChI=1S/C20H22N4O2S2/c1-27-20-23-17(12-28-20)19(26)24-8-4-5-13(11-24)10-21-18(25)16-9-14-6-2-3-7-15(14)22-16/h2-3,6-7,9,12-13,22H,4-5,8,10-11H2,1H3,(H,21,25)/t13-/m0/s1. The molecule has 3 heterocycles. The summed E-state index contributed by atoms with van der Waals surface area (Å²) in [5, 5.41) is 5.87. The molecule has 0 radical (unpaired) electrons. The lowest BCUT2D eigenvalue weighted by molar-refractivity contribution is 0.0665. The summed E-state index contributed by atoms with van der Waals surface area (Å²) in [7, 11) is 0. The molecular weight excluding hydrogens is 392 g/mol. The van der Waals surface area contributed by atoms with Gasteiger partial charge in [0.25, 0.3) is 11.8 Å². The molecule has 1 fully saturated rings. The van der Waals surface area contributed by atoms with Crippen LogP contribution in [0.1, 0.15) is 33.8 Å². The fourth-order valence-electron chi connectivity index (χ4n) is 3.56. The summed E-state index contributed by atoms with van der Waals surface area (Å²) < 4.78 is 0.905. The SMILES string of the molecule is CSc1nc(C(=O)N2CCC[C@@H](CNC(=O)c3cc4ccccc4[nH]3)C2)cs1. The molecule has 28 heavy (non-hydrogen) atoms. The van der Waals surface area contributed by atoms with Crippen molar-refractivity contribution in [3.05, 3.63) is 47.1 Å². The average Bonchev–Trinajstić information content (AvgIpc) is 3.38. The Hall–Kier alpha value is -2.32. The first-order valence-corrected chi connectivity index (χ1v) is 11.4. The number of aromatic nitrogens is 2. The molecular formula is C20H22N4O2S2. The molecule has 0 aliphatic carbocycles. The molecule has 2 amide bonds. The highest BCUT2D eigenvalue weighted by molar-refractivity contribution is 8.00. The summed E-state index contributed by atoms with van der Waals surface area (Å²) in [5.74, 6) is 0.136. The third-order valence-electron chi connectivity index (χ3n) is 5.01. The number of amides is 2. The largest absolute Gasteiger partial charge is 0.351 e. The van der Waals surface area contributed by atoms with Crippen molar-refractivity contribution in [2.24, 2.45) is 5.92 Å². The number of nitrogens with zero attached hydrogens (tertiary/aromatic N) is 2. The van der Waals surface area contributed by atoms with Gasteiger partial charge in [0, 0.05) is 35.9 Å². The summed E-state index contributed by atoms with van der Waals surface area (Å²) >= 11 is 3.05. The minimum atomic E-state index is -0.108. The predicted octanol–water partition coefficient (Wildman–Crippen LogP) is 3.63. The second-order valence-corrected chi connectivity index (χ2v) is 8.85. The Balaban J connectivity index is 1.34. The number of piperidine rings is 1. The normalized spacial score (nSPS) is 17.0. The maximum atomic E-state index is 12.7. The van der Waals surface area contributed by atoms with Crippen LogP contribution in [0, 0.1) is 5.92 Å². The van der Waals surface area contributed by atoms with E-state index in [4.69, 9.17) is 0 Å². The molecule has 0 saturated carbocycles. The van der Waals surface area contributed by atoms with Crippen molar-refractivity contribution >= 4 is 45.8 Å². The van der Waals surface area contributed by atoms with E-state index in [0.29, 0.717) is 24.5 Å². The van der Waals surface area contributed by atoms with Crippen LogP contribution in [0.3, 0.4) is 0 Å². The summed E-state index contributed by atoms with van der Waals surface area (Å²) in [6.07, 6.45) is 3.90. The van der Waals surface area contributed by atoms with E-state index in [9.17, 15) is 9.59 Å². The number of carbonyl (C=O) groups excluding carboxylic acids is 2. The minimum absolute atomic E-state index is 0.0109. The number of likely N-dealkylation sites (tertiary alicyclic amines) is 1. The Labute approximate surface area is 171 Å². The quantitative estimate of drug-likeness (QED) is 0.625. The maximum Gasteiger partial charge on any atom is 0.273 e. The summed E-state index contributed by atoms with van der Waals surface area (Å²) in [6.45, 7) is 1.96. The van der Waals surface area contributed by atoms with Crippen LogP contribution < -0.4 is 5.32 Å². The molecule has 0 spiro atoms. The summed E-state index contributed by atoms with van der Waals surface area (Å²) in [5.41, 5.74) is 2.05. The Bertz CT molecular complexity index is 964. The van der Waals surface area contributed by atoms with Gasteiger partial charge in [0.15, 0.2) is 0 Å². The molecule has 0 bridgehead atoms. The molecule has 1 aliphatic heterocycles. The van der Waals surface area contributed by atoms with Crippen molar-refractivity contribution in [3.8, 4) is 0 Å². The molecule has 146 valence electrons. The van der Waals surface area contributed by atoms with Gasteiger partial charge in [-0.05, 0) is 37.1 Å². The van der Waals surface area contributed by atoms with Gasteiger partial charge in [0.1, 0.15) is 15.7 Å². The van der Waals surface area contributed by atoms with E-state index in [0.717, 1.165) is 34.6 Å². The fraction of sp³-hybridized carbons (Fsp3) is 0.350. The van der Waals surface area contributed by atoms with Gasteiger partial charge >= 0.3 is 0 Å². The number of thiazole rings is 1. The van der Waals surface area contributed by atoms with E-state index in [2.05, 4.69) is 15.3 Å². The predicted molar refractivity (Wildman–Crippen MR) is 113 cm³/mol. The number of hydrogen-bond acceptors (Lipinski definition) is 5. The number of para-hydroxylation sites is 1. The van der Waals surface area contributed by atoms with Crippen LogP contribution in [0.25, 0.3) is 10.9 Å². The van der Waals surface area contributed by atoms with Crippen LogP contribution >= 0.6 is 23.1 Å². The highest BCUT2D eigenvalue weighted by Crippen LogP contribution is 2.23. The van der Waals surface area contributed by atoms with Crippen LogP contribution in [0.15, 0.2) is 40.1 Å². The van der Waals surface area contributed by atoms with E-state index < -0.39 is 0 Å². The highest BCUT2D eigenvalue weighted by Gasteiger charge is 2.26. The summed E-state index contributed by atoms with van der Waals surface area (Å²) in [4.78, 5) is 34.6. The molecule has 0 unspecified atom stereocenters. The van der Waals surface area contributed by atoms with Gasteiger partial charge in [-0.15, -0.1) is 11.3 Å². The second kappa shape index (κ2) is 8.36. The molecule has 2 aromatic heterocycles. The van der Waals surface area contributed by atoms with Gasteiger partial charge in [-0.2, -0.15) is 0 Å². The van der Waals surface area contributed by atoms with Gasteiger partial charge in [-0.3, -0.25) is 9.59 Å². The van der Waals surface area contributed by atoms with Crippen LogP contribution in [-0.4, -0.2) is 52.6 Å². The maximum absolute atomic E-state index is 12.7. The van der Waals surface area contributed by atoms with E-state index in [1.165, 1.54) is 11.3 Å². The molecule has 1 aromatic carbocycles. The van der Waals surface area contributed by atoms with Crippen molar-refractivity contribution in [1.29, 1.82) is 0 Å². The van der Waals surface area contributed by atoms with Crippen molar-refractivity contribution in [2.75, 3.05) is 25.9 Å². The number of thioether (sulfide) groups is 1. The molecule has 8 heteroatoms. The minimum Gasteiger partial charge on any atom is -0.351 e. The van der Waals surface area contributed by atoms with E-state index in [-0.39, 0.29) is 17.7 Å². The molecule has 3 aromatic rings. The zero-order valence-electron chi connectivity index (χ0n) is 15.6. The lowest BCUT2D eigenvalue weighted by Crippen LogP contribution is -2.43. The Morgan fingerprint density at radius 1 is 1.39 bits per heavy atom. The number of fused-ring (bicyclic) bond motifs is 1. The number of rotatable bonds is 5. The van der Waals surface area contributed by atoms with Gasteiger partial charge < -0.3 is 15.2 Å². The molecule has 1 aliphatic rings. The zero-order chi connectivity index (χ0) is 19.5.